The average Bonchev–Trinajstić information content (AvgIpc) is 2.58. The highest BCUT2D eigenvalue weighted by molar-refractivity contribution is 6.29. The summed E-state index contributed by atoms with van der Waals surface area (Å²) in [5.74, 6) is -0.571. The van der Waals surface area contributed by atoms with Crippen LogP contribution in [0.15, 0.2) is 36.5 Å². The standard InChI is InChI=1S/C15H15ClN4O4/c1-10(15(21)24-2)19(9-11-5-3-4-8-17-11)14-12(20(22)23)6-7-13(16)18-14/h3-8,10H,9H2,1-2H3. The minimum atomic E-state index is -0.818. The number of hydrogen-bond donors (Lipinski definition) is 0. The van der Waals surface area contributed by atoms with Crippen LogP contribution in [-0.4, -0.2) is 34.0 Å². The number of carbonyl (C=O) groups excluding carboxylic acids is 1. The van der Waals surface area contributed by atoms with Crippen molar-refractivity contribution in [2.24, 2.45) is 0 Å². The van der Waals surface area contributed by atoms with Crippen LogP contribution >= 0.6 is 11.6 Å². The molecule has 0 aromatic carbocycles. The normalized spacial score (nSPS) is 11.6. The van der Waals surface area contributed by atoms with E-state index in [1.54, 1.807) is 31.3 Å². The van der Waals surface area contributed by atoms with E-state index in [0.717, 1.165) is 0 Å². The molecular weight excluding hydrogens is 336 g/mol. The molecule has 126 valence electrons. The first-order valence-electron chi connectivity index (χ1n) is 6.99. The third-order valence-electron chi connectivity index (χ3n) is 3.36. The molecule has 2 aromatic heterocycles. The molecule has 0 N–H and O–H groups in total. The van der Waals surface area contributed by atoms with E-state index in [1.165, 1.54) is 24.1 Å². The second kappa shape index (κ2) is 7.69. The maximum Gasteiger partial charge on any atom is 0.328 e. The number of halogens is 1. The van der Waals surface area contributed by atoms with Crippen molar-refractivity contribution in [1.82, 2.24) is 9.97 Å². The van der Waals surface area contributed by atoms with Crippen LogP contribution < -0.4 is 4.90 Å². The van der Waals surface area contributed by atoms with Gasteiger partial charge in [-0.25, -0.2) is 9.78 Å². The Morgan fingerprint density at radius 2 is 2.17 bits per heavy atom. The fraction of sp³-hybridized carbons (Fsp3) is 0.267. The summed E-state index contributed by atoms with van der Waals surface area (Å²) in [5, 5.41) is 11.4. The molecule has 8 nitrogen and oxygen atoms in total. The second-order valence-corrected chi connectivity index (χ2v) is 5.27. The Bertz CT molecular complexity index is 742. The van der Waals surface area contributed by atoms with Gasteiger partial charge in [0.2, 0.25) is 5.82 Å². The lowest BCUT2D eigenvalue weighted by atomic mass is 10.2. The zero-order chi connectivity index (χ0) is 17.7. The second-order valence-electron chi connectivity index (χ2n) is 4.88. The summed E-state index contributed by atoms with van der Waals surface area (Å²) in [6.45, 7) is 1.70. The summed E-state index contributed by atoms with van der Waals surface area (Å²) < 4.78 is 4.75. The Hall–Kier alpha value is -2.74. The minimum absolute atomic E-state index is 0.0175. The average molecular weight is 351 g/mol. The van der Waals surface area contributed by atoms with Crippen LogP contribution in [0.25, 0.3) is 0 Å². The van der Waals surface area contributed by atoms with Crippen LogP contribution in [0.1, 0.15) is 12.6 Å². The molecule has 0 spiro atoms. The third kappa shape index (κ3) is 3.96. The third-order valence-corrected chi connectivity index (χ3v) is 3.57. The smallest absolute Gasteiger partial charge is 0.328 e. The predicted molar refractivity (Wildman–Crippen MR) is 87.8 cm³/mol. The number of hydrogen-bond acceptors (Lipinski definition) is 7. The van der Waals surface area contributed by atoms with Gasteiger partial charge >= 0.3 is 11.7 Å². The predicted octanol–water partition coefficient (Wildman–Crippen LogP) is 2.61. The maximum atomic E-state index is 12.0. The van der Waals surface area contributed by atoms with E-state index in [-0.39, 0.29) is 23.2 Å². The van der Waals surface area contributed by atoms with Gasteiger partial charge in [-0.05, 0) is 25.1 Å². The molecule has 0 aliphatic rings. The first-order valence-corrected chi connectivity index (χ1v) is 7.37. The van der Waals surface area contributed by atoms with E-state index < -0.39 is 16.9 Å². The summed E-state index contributed by atoms with van der Waals surface area (Å²) in [4.78, 5) is 32.4. The van der Waals surface area contributed by atoms with Gasteiger partial charge in [-0.3, -0.25) is 15.1 Å². The number of esters is 1. The Morgan fingerprint density at radius 1 is 1.42 bits per heavy atom. The fourth-order valence-corrected chi connectivity index (χ4v) is 2.27. The Labute approximate surface area is 143 Å². The Kier molecular flexibility index (Phi) is 5.64. The van der Waals surface area contributed by atoms with E-state index in [9.17, 15) is 14.9 Å². The molecule has 9 heteroatoms. The molecule has 0 amide bonds. The molecule has 0 bridgehead atoms. The monoisotopic (exact) mass is 350 g/mol. The number of nitro groups is 1. The van der Waals surface area contributed by atoms with Gasteiger partial charge in [0.05, 0.1) is 24.3 Å². The molecule has 2 rings (SSSR count). The molecule has 24 heavy (non-hydrogen) atoms. The highest BCUT2D eigenvalue weighted by Gasteiger charge is 2.30. The first kappa shape index (κ1) is 17.6. The molecule has 1 atom stereocenters. The van der Waals surface area contributed by atoms with Gasteiger partial charge in [0, 0.05) is 12.3 Å². The van der Waals surface area contributed by atoms with Crippen molar-refractivity contribution in [3.8, 4) is 0 Å². The summed E-state index contributed by atoms with van der Waals surface area (Å²) in [7, 11) is 1.25. The van der Waals surface area contributed by atoms with Crippen LogP contribution in [0, 0.1) is 10.1 Å². The molecule has 0 fully saturated rings. The first-order chi connectivity index (χ1) is 11.4. The zero-order valence-corrected chi connectivity index (χ0v) is 13.8. The largest absolute Gasteiger partial charge is 0.467 e. The van der Waals surface area contributed by atoms with Gasteiger partial charge in [-0.1, -0.05) is 17.7 Å². The van der Waals surface area contributed by atoms with Gasteiger partial charge in [-0.2, -0.15) is 0 Å². The SMILES string of the molecule is COC(=O)C(C)N(Cc1ccccn1)c1nc(Cl)ccc1[N+](=O)[O-]. The lowest BCUT2D eigenvalue weighted by Crippen LogP contribution is -2.40. The summed E-state index contributed by atoms with van der Waals surface area (Å²) in [5.41, 5.74) is 0.357. The minimum Gasteiger partial charge on any atom is -0.467 e. The van der Waals surface area contributed by atoms with Crippen LogP contribution in [0.4, 0.5) is 11.5 Å². The molecule has 0 radical (unpaired) electrons. The number of aromatic nitrogens is 2. The highest BCUT2D eigenvalue weighted by Crippen LogP contribution is 2.30. The fourth-order valence-electron chi connectivity index (χ4n) is 2.13. The number of rotatable bonds is 6. The molecule has 0 aliphatic carbocycles. The van der Waals surface area contributed by atoms with Gasteiger partial charge in [-0.15, -0.1) is 0 Å². The lowest BCUT2D eigenvalue weighted by molar-refractivity contribution is -0.384. The Balaban J connectivity index is 2.51. The van der Waals surface area contributed by atoms with Gasteiger partial charge in [0.25, 0.3) is 0 Å². The molecule has 0 aliphatic heterocycles. The van der Waals surface area contributed by atoms with Crippen molar-refractivity contribution in [2.75, 3.05) is 12.0 Å². The number of ether oxygens (including phenoxy) is 1. The van der Waals surface area contributed by atoms with Crippen molar-refractivity contribution in [1.29, 1.82) is 0 Å². The number of carbonyl (C=O) groups is 1. The van der Waals surface area contributed by atoms with Gasteiger partial charge in [0.1, 0.15) is 11.2 Å². The summed E-state index contributed by atoms with van der Waals surface area (Å²) >= 11 is 5.89. The van der Waals surface area contributed by atoms with Gasteiger partial charge in [0.15, 0.2) is 0 Å². The van der Waals surface area contributed by atoms with E-state index >= 15 is 0 Å². The lowest BCUT2D eigenvalue weighted by Gasteiger charge is -2.27. The Morgan fingerprint density at radius 3 is 2.75 bits per heavy atom. The van der Waals surface area contributed by atoms with Crippen LogP contribution in [0.2, 0.25) is 5.15 Å². The van der Waals surface area contributed by atoms with Gasteiger partial charge < -0.3 is 9.64 Å². The molecule has 1 unspecified atom stereocenters. The van der Waals surface area contributed by atoms with E-state index in [0.29, 0.717) is 5.69 Å². The molecule has 2 aromatic rings. The summed E-state index contributed by atoms with van der Waals surface area (Å²) in [6.07, 6.45) is 1.59. The number of methoxy groups -OCH3 is 1. The van der Waals surface area contributed by atoms with Crippen LogP contribution in [0.3, 0.4) is 0 Å². The number of nitrogens with zero attached hydrogens (tertiary/aromatic N) is 4. The van der Waals surface area contributed by atoms with Crippen LogP contribution in [-0.2, 0) is 16.1 Å². The van der Waals surface area contributed by atoms with Crippen LogP contribution in [0.5, 0.6) is 0 Å². The van der Waals surface area contributed by atoms with Crippen molar-refractivity contribution in [3.63, 3.8) is 0 Å². The van der Waals surface area contributed by atoms with Crippen molar-refractivity contribution in [3.05, 3.63) is 57.5 Å². The number of anilines is 1. The number of pyridine rings is 2. The molecule has 2 heterocycles. The van der Waals surface area contributed by atoms with E-state index in [1.807, 2.05) is 0 Å². The van der Waals surface area contributed by atoms with Crippen molar-refractivity contribution in [2.45, 2.75) is 19.5 Å². The topological polar surface area (TPSA) is 98.5 Å². The van der Waals surface area contributed by atoms with E-state index in [4.69, 9.17) is 16.3 Å². The molecular formula is C15H15ClN4O4. The van der Waals surface area contributed by atoms with E-state index in [2.05, 4.69) is 9.97 Å². The summed E-state index contributed by atoms with van der Waals surface area (Å²) in [6, 6.07) is 7.03. The highest BCUT2D eigenvalue weighted by atomic mass is 35.5. The maximum absolute atomic E-state index is 12.0. The quantitative estimate of drug-likeness (QED) is 0.341. The van der Waals surface area contributed by atoms with Crippen molar-refractivity contribution < 1.29 is 14.5 Å². The van der Waals surface area contributed by atoms with Crippen molar-refractivity contribution >= 4 is 29.1 Å². The zero-order valence-electron chi connectivity index (χ0n) is 13.0. The molecule has 0 saturated carbocycles. The molecule has 0 saturated heterocycles.